The van der Waals surface area contributed by atoms with Crippen LogP contribution in [-0.4, -0.2) is 29.6 Å². The lowest BCUT2D eigenvalue weighted by molar-refractivity contribution is 0.0978. The molecular formula is C14H20Cl2N2. The number of hydrogen-bond acceptors (Lipinski definition) is 2. The predicted molar refractivity (Wildman–Crippen MR) is 78.4 cm³/mol. The van der Waals surface area contributed by atoms with Crippen molar-refractivity contribution < 1.29 is 0 Å². The molecule has 1 aromatic rings. The van der Waals surface area contributed by atoms with Gasteiger partial charge in [0.05, 0.1) is 10.0 Å². The van der Waals surface area contributed by atoms with Gasteiger partial charge in [-0.1, -0.05) is 29.3 Å². The maximum Gasteiger partial charge on any atom is 0.0595 e. The van der Waals surface area contributed by atoms with Gasteiger partial charge in [0.25, 0.3) is 0 Å². The van der Waals surface area contributed by atoms with E-state index in [0.717, 1.165) is 19.6 Å². The molecule has 4 heteroatoms. The molecule has 100 valence electrons. The Balaban J connectivity index is 2.09. The van der Waals surface area contributed by atoms with Crippen molar-refractivity contribution in [3.63, 3.8) is 0 Å². The molecule has 1 aliphatic heterocycles. The lowest BCUT2D eigenvalue weighted by Crippen LogP contribution is -2.60. The van der Waals surface area contributed by atoms with Crippen LogP contribution in [0.3, 0.4) is 0 Å². The van der Waals surface area contributed by atoms with Crippen LogP contribution in [0, 0.1) is 0 Å². The quantitative estimate of drug-likeness (QED) is 0.894. The molecule has 1 saturated heterocycles. The fourth-order valence-corrected chi connectivity index (χ4v) is 2.68. The Morgan fingerprint density at radius 1 is 1.33 bits per heavy atom. The van der Waals surface area contributed by atoms with Crippen molar-refractivity contribution in [1.29, 1.82) is 0 Å². The fourth-order valence-electron chi connectivity index (χ4n) is 2.36. The zero-order chi connectivity index (χ0) is 13.3. The molecular weight excluding hydrogens is 267 g/mol. The van der Waals surface area contributed by atoms with E-state index in [1.807, 2.05) is 12.1 Å². The second-order valence-corrected chi connectivity index (χ2v) is 6.58. The monoisotopic (exact) mass is 286 g/mol. The maximum absolute atomic E-state index is 6.06. The summed E-state index contributed by atoms with van der Waals surface area (Å²) in [6, 6.07) is 6.42. The van der Waals surface area contributed by atoms with E-state index in [0.29, 0.717) is 16.1 Å². The molecule has 0 spiro atoms. The Hall–Kier alpha value is -0.280. The number of halogens is 2. The smallest absolute Gasteiger partial charge is 0.0595 e. The highest BCUT2D eigenvalue weighted by atomic mass is 35.5. The Labute approximate surface area is 119 Å². The van der Waals surface area contributed by atoms with Gasteiger partial charge in [-0.2, -0.15) is 0 Å². The average molecular weight is 287 g/mol. The Kier molecular flexibility index (Phi) is 4.22. The van der Waals surface area contributed by atoms with E-state index in [1.165, 1.54) is 5.56 Å². The average Bonchev–Trinajstić information content (AvgIpc) is 2.28. The van der Waals surface area contributed by atoms with Gasteiger partial charge >= 0.3 is 0 Å². The van der Waals surface area contributed by atoms with E-state index >= 15 is 0 Å². The van der Waals surface area contributed by atoms with Gasteiger partial charge in [0, 0.05) is 31.2 Å². The van der Waals surface area contributed by atoms with E-state index in [2.05, 4.69) is 37.1 Å². The van der Waals surface area contributed by atoms with Gasteiger partial charge in [-0.05, 0) is 38.5 Å². The normalized spacial score (nSPS) is 24.2. The summed E-state index contributed by atoms with van der Waals surface area (Å²) < 4.78 is 0. The van der Waals surface area contributed by atoms with E-state index in [1.54, 1.807) is 0 Å². The molecule has 1 aromatic carbocycles. The molecule has 2 rings (SSSR count). The lowest BCUT2D eigenvalue weighted by Gasteiger charge is -2.43. The van der Waals surface area contributed by atoms with Gasteiger partial charge in [0.2, 0.25) is 0 Å². The second-order valence-electron chi connectivity index (χ2n) is 5.77. The Morgan fingerprint density at radius 2 is 2.06 bits per heavy atom. The van der Waals surface area contributed by atoms with Crippen LogP contribution in [0.4, 0.5) is 0 Å². The summed E-state index contributed by atoms with van der Waals surface area (Å²) in [4.78, 5) is 2.48. The van der Waals surface area contributed by atoms with Crippen molar-refractivity contribution in [2.24, 2.45) is 0 Å². The van der Waals surface area contributed by atoms with Crippen LogP contribution in [0.25, 0.3) is 0 Å². The third-order valence-electron chi connectivity index (χ3n) is 3.47. The molecule has 2 nitrogen and oxygen atoms in total. The molecule has 0 bridgehead atoms. The van der Waals surface area contributed by atoms with Gasteiger partial charge in [-0.25, -0.2) is 0 Å². The summed E-state index contributed by atoms with van der Waals surface area (Å²) >= 11 is 12.0. The van der Waals surface area contributed by atoms with Crippen molar-refractivity contribution >= 4 is 23.2 Å². The fraction of sp³-hybridized carbons (Fsp3) is 0.571. The second kappa shape index (κ2) is 5.38. The number of hydrogen-bond donors (Lipinski definition) is 1. The van der Waals surface area contributed by atoms with Crippen molar-refractivity contribution in [2.75, 3.05) is 13.1 Å². The van der Waals surface area contributed by atoms with Crippen LogP contribution in [-0.2, 0) is 6.54 Å². The first-order valence-corrected chi connectivity index (χ1v) is 7.06. The van der Waals surface area contributed by atoms with Crippen LogP contribution in [0.1, 0.15) is 26.3 Å². The Morgan fingerprint density at radius 3 is 2.72 bits per heavy atom. The van der Waals surface area contributed by atoms with Gasteiger partial charge in [-0.15, -0.1) is 0 Å². The standard InChI is InChI=1S/C14H20Cl2N2/c1-10-7-17-14(2,3)9-18(10)8-11-4-5-12(15)13(16)6-11/h4-6,10,17H,7-9H2,1-3H3. The molecule has 1 heterocycles. The maximum atomic E-state index is 6.06. The highest BCUT2D eigenvalue weighted by Crippen LogP contribution is 2.24. The van der Waals surface area contributed by atoms with Crippen LogP contribution < -0.4 is 5.32 Å². The van der Waals surface area contributed by atoms with Crippen molar-refractivity contribution in [1.82, 2.24) is 10.2 Å². The predicted octanol–water partition coefficient (Wildman–Crippen LogP) is 3.57. The molecule has 0 aliphatic carbocycles. The van der Waals surface area contributed by atoms with Crippen LogP contribution >= 0.6 is 23.2 Å². The molecule has 1 N–H and O–H groups in total. The van der Waals surface area contributed by atoms with Crippen LogP contribution in [0.2, 0.25) is 10.0 Å². The zero-order valence-electron chi connectivity index (χ0n) is 11.1. The SMILES string of the molecule is CC1CNC(C)(C)CN1Cc1ccc(Cl)c(Cl)c1. The summed E-state index contributed by atoms with van der Waals surface area (Å²) in [7, 11) is 0. The first kappa shape index (κ1) is 14.1. The highest BCUT2D eigenvalue weighted by molar-refractivity contribution is 6.42. The molecule has 1 fully saturated rings. The minimum absolute atomic E-state index is 0.169. The van der Waals surface area contributed by atoms with E-state index in [9.17, 15) is 0 Å². The van der Waals surface area contributed by atoms with Crippen LogP contribution in [0.5, 0.6) is 0 Å². The number of nitrogens with one attached hydrogen (secondary N) is 1. The molecule has 1 atom stereocenters. The summed E-state index contributed by atoms with van der Waals surface area (Å²) in [5.41, 5.74) is 1.39. The summed E-state index contributed by atoms with van der Waals surface area (Å²) in [6.07, 6.45) is 0. The van der Waals surface area contributed by atoms with Gasteiger partial charge < -0.3 is 5.32 Å². The molecule has 1 aliphatic rings. The van der Waals surface area contributed by atoms with E-state index in [-0.39, 0.29) is 5.54 Å². The minimum atomic E-state index is 0.169. The first-order valence-electron chi connectivity index (χ1n) is 6.30. The lowest BCUT2D eigenvalue weighted by atomic mass is 9.98. The zero-order valence-corrected chi connectivity index (χ0v) is 12.6. The number of nitrogens with zero attached hydrogens (tertiary/aromatic N) is 1. The third kappa shape index (κ3) is 3.39. The molecule has 0 saturated carbocycles. The van der Waals surface area contributed by atoms with E-state index in [4.69, 9.17) is 23.2 Å². The molecule has 1 unspecified atom stereocenters. The highest BCUT2D eigenvalue weighted by Gasteiger charge is 2.29. The van der Waals surface area contributed by atoms with Crippen LogP contribution in [0.15, 0.2) is 18.2 Å². The minimum Gasteiger partial charge on any atom is -0.309 e. The summed E-state index contributed by atoms with van der Waals surface area (Å²) in [5, 5.41) is 4.81. The third-order valence-corrected chi connectivity index (χ3v) is 4.21. The van der Waals surface area contributed by atoms with E-state index < -0.39 is 0 Å². The van der Waals surface area contributed by atoms with Gasteiger partial charge in [-0.3, -0.25) is 4.90 Å². The molecule has 0 radical (unpaired) electrons. The van der Waals surface area contributed by atoms with Crippen molar-refractivity contribution in [3.8, 4) is 0 Å². The molecule has 0 aromatic heterocycles. The van der Waals surface area contributed by atoms with Crippen molar-refractivity contribution in [3.05, 3.63) is 33.8 Å². The summed E-state index contributed by atoms with van der Waals surface area (Å²) in [6.45, 7) is 9.70. The number of piperazine rings is 1. The Bertz CT molecular complexity index is 432. The van der Waals surface area contributed by atoms with Gasteiger partial charge in [0.15, 0.2) is 0 Å². The largest absolute Gasteiger partial charge is 0.309 e. The first-order chi connectivity index (χ1) is 8.37. The van der Waals surface area contributed by atoms with Gasteiger partial charge in [0.1, 0.15) is 0 Å². The molecule has 0 amide bonds. The molecule has 18 heavy (non-hydrogen) atoms. The summed E-state index contributed by atoms with van der Waals surface area (Å²) in [5.74, 6) is 0. The topological polar surface area (TPSA) is 15.3 Å². The number of benzene rings is 1. The van der Waals surface area contributed by atoms with Crippen molar-refractivity contribution in [2.45, 2.75) is 38.9 Å². The number of rotatable bonds is 2.